The molecule has 0 bridgehead atoms. The van der Waals surface area contributed by atoms with Gasteiger partial charge < -0.3 is 14.9 Å². The number of nitrogens with zero attached hydrogens (tertiary/aromatic N) is 3. The van der Waals surface area contributed by atoms with Crippen LogP contribution in [-0.4, -0.2) is 70.4 Å². The number of carbonyl (C=O) groups excluding carboxylic acids is 1. The predicted octanol–water partition coefficient (Wildman–Crippen LogP) is 1.87. The SMILES string of the molecule is CSc1ncccc1C(=O)N1CCC[C@@](O)(CN2CCCC2)C1. The summed E-state index contributed by atoms with van der Waals surface area (Å²) in [6.45, 7) is 3.94. The maximum absolute atomic E-state index is 12.9. The van der Waals surface area contributed by atoms with Crippen molar-refractivity contribution in [3.8, 4) is 0 Å². The molecule has 6 heteroatoms. The molecule has 0 aromatic carbocycles. The fraction of sp³-hybridized carbons (Fsp3) is 0.647. The van der Waals surface area contributed by atoms with Crippen LogP contribution in [0.15, 0.2) is 23.4 Å². The number of pyridine rings is 1. The minimum atomic E-state index is -0.778. The van der Waals surface area contributed by atoms with Crippen molar-refractivity contribution in [1.29, 1.82) is 0 Å². The van der Waals surface area contributed by atoms with Crippen molar-refractivity contribution in [2.24, 2.45) is 0 Å². The van der Waals surface area contributed by atoms with Gasteiger partial charge in [0.2, 0.25) is 0 Å². The van der Waals surface area contributed by atoms with E-state index in [0.29, 0.717) is 25.2 Å². The van der Waals surface area contributed by atoms with E-state index in [2.05, 4.69) is 9.88 Å². The highest BCUT2D eigenvalue weighted by Gasteiger charge is 2.37. The summed E-state index contributed by atoms with van der Waals surface area (Å²) in [5.74, 6) is -0.0120. The van der Waals surface area contributed by atoms with E-state index in [-0.39, 0.29) is 5.91 Å². The van der Waals surface area contributed by atoms with Crippen molar-refractivity contribution in [2.45, 2.75) is 36.3 Å². The van der Waals surface area contributed by atoms with Gasteiger partial charge in [-0.15, -0.1) is 11.8 Å². The average molecular weight is 335 g/mol. The molecule has 5 nitrogen and oxygen atoms in total. The molecule has 2 fully saturated rings. The number of aromatic nitrogens is 1. The lowest BCUT2D eigenvalue weighted by molar-refractivity contribution is -0.0431. The molecule has 1 amide bonds. The highest BCUT2D eigenvalue weighted by molar-refractivity contribution is 7.98. The molecular formula is C17H25N3O2S. The number of likely N-dealkylation sites (tertiary alicyclic amines) is 2. The molecule has 2 aliphatic rings. The number of rotatable bonds is 4. The fourth-order valence-corrected chi connectivity index (χ4v) is 4.20. The summed E-state index contributed by atoms with van der Waals surface area (Å²) in [6.07, 6.45) is 7.69. The summed E-state index contributed by atoms with van der Waals surface area (Å²) in [6, 6.07) is 3.63. The van der Waals surface area contributed by atoms with Crippen LogP contribution >= 0.6 is 11.8 Å². The van der Waals surface area contributed by atoms with Gasteiger partial charge in [0.05, 0.1) is 17.7 Å². The van der Waals surface area contributed by atoms with Crippen molar-refractivity contribution >= 4 is 17.7 Å². The van der Waals surface area contributed by atoms with E-state index in [1.165, 1.54) is 24.6 Å². The van der Waals surface area contributed by atoms with Crippen LogP contribution in [0.2, 0.25) is 0 Å². The summed E-state index contributed by atoms with van der Waals surface area (Å²) in [5, 5.41) is 11.7. The van der Waals surface area contributed by atoms with Gasteiger partial charge >= 0.3 is 0 Å². The Morgan fingerprint density at radius 3 is 2.87 bits per heavy atom. The van der Waals surface area contributed by atoms with Gasteiger partial charge in [-0.25, -0.2) is 4.98 Å². The molecule has 23 heavy (non-hydrogen) atoms. The van der Waals surface area contributed by atoms with E-state index in [9.17, 15) is 9.90 Å². The van der Waals surface area contributed by atoms with E-state index in [4.69, 9.17) is 0 Å². The molecule has 1 aromatic rings. The molecule has 2 aliphatic heterocycles. The van der Waals surface area contributed by atoms with Gasteiger partial charge in [-0.1, -0.05) is 0 Å². The summed E-state index contributed by atoms with van der Waals surface area (Å²) in [7, 11) is 0. The minimum absolute atomic E-state index is 0.0120. The number of β-amino-alcohol motifs (C(OH)–C–C–N with tert-alkyl or cyclic N) is 1. The van der Waals surface area contributed by atoms with Crippen LogP contribution in [0, 0.1) is 0 Å². The molecule has 0 saturated carbocycles. The third-order valence-corrected chi connectivity index (χ3v) is 5.47. The first-order valence-electron chi connectivity index (χ1n) is 8.34. The predicted molar refractivity (Wildman–Crippen MR) is 91.8 cm³/mol. The van der Waals surface area contributed by atoms with Crippen LogP contribution in [0.5, 0.6) is 0 Å². The number of thioether (sulfide) groups is 1. The zero-order valence-corrected chi connectivity index (χ0v) is 14.5. The van der Waals surface area contributed by atoms with Gasteiger partial charge in [-0.05, 0) is 57.2 Å². The number of amides is 1. The number of piperidine rings is 1. The Labute approximate surface area is 142 Å². The van der Waals surface area contributed by atoms with Crippen molar-refractivity contribution in [1.82, 2.24) is 14.8 Å². The minimum Gasteiger partial charge on any atom is -0.387 e. The molecule has 0 unspecified atom stereocenters. The number of carbonyl (C=O) groups is 1. The van der Waals surface area contributed by atoms with Gasteiger partial charge in [0.15, 0.2) is 0 Å². The lowest BCUT2D eigenvalue weighted by Gasteiger charge is -2.41. The maximum atomic E-state index is 12.9. The first-order valence-corrected chi connectivity index (χ1v) is 9.57. The fourth-order valence-electron chi connectivity index (χ4n) is 3.66. The topological polar surface area (TPSA) is 56.7 Å². The van der Waals surface area contributed by atoms with Gasteiger partial charge in [-0.3, -0.25) is 4.79 Å². The second kappa shape index (κ2) is 7.20. The van der Waals surface area contributed by atoms with Crippen LogP contribution in [0.25, 0.3) is 0 Å². The van der Waals surface area contributed by atoms with E-state index in [1.807, 2.05) is 12.3 Å². The zero-order valence-electron chi connectivity index (χ0n) is 13.7. The summed E-state index contributed by atoms with van der Waals surface area (Å²) in [4.78, 5) is 21.3. The molecule has 3 heterocycles. The maximum Gasteiger partial charge on any atom is 0.256 e. The Bertz CT molecular complexity index is 563. The first-order chi connectivity index (χ1) is 11.1. The molecule has 1 atom stereocenters. The monoisotopic (exact) mass is 335 g/mol. The average Bonchev–Trinajstić information content (AvgIpc) is 3.06. The van der Waals surface area contributed by atoms with E-state index < -0.39 is 5.60 Å². The normalized spacial score (nSPS) is 25.7. The number of aliphatic hydroxyl groups is 1. The lowest BCUT2D eigenvalue weighted by atomic mass is 9.92. The van der Waals surface area contributed by atoms with E-state index >= 15 is 0 Å². The molecular weight excluding hydrogens is 310 g/mol. The van der Waals surface area contributed by atoms with Gasteiger partial charge in [0.25, 0.3) is 5.91 Å². The van der Waals surface area contributed by atoms with E-state index in [1.54, 1.807) is 17.2 Å². The molecule has 1 aromatic heterocycles. The quantitative estimate of drug-likeness (QED) is 0.851. The molecule has 0 radical (unpaired) electrons. The zero-order chi connectivity index (χ0) is 16.3. The van der Waals surface area contributed by atoms with E-state index in [0.717, 1.165) is 31.0 Å². The molecule has 0 spiro atoms. The Kier molecular flexibility index (Phi) is 5.24. The lowest BCUT2D eigenvalue weighted by Crippen LogP contribution is -2.55. The molecule has 126 valence electrons. The summed E-state index contributed by atoms with van der Waals surface area (Å²) in [5.41, 5.74) is -0.134. The van der Waals surface area contributed by atoms with Crippen LogP contribution in [0.1, 0.15) is 36.0 Å². The Hall–Kier alpha value is -1.11. The third-order valence-electron chi connectivity index (χ3n) is 4.75. The Morgan fingerprint density at radius 1 is 1.35 bits per heavy atom. The second-order valence-corrected chi connectivity index (χ2v) is 7.39. The van der Waals surface area contributed by atoms with Gasteiger partial charge in [0.1, 0.15) is 5.03 Å². The summed E-state index contributed by atoms with van der Waals surface area (Å²) < 4.78 is 0. The highest BCUT2D eigenvalue weighted by Crippen LogP contribution is 2.26. The third kappa shape index (κ3) is 3.87. The van der Waals surface area contributed by atoms with Crippen molar-refractivity contribution in [2.75, 3.05) is 39.0 Å². The highest BCUT2D eigenvalue weighted by atomic mass is 32.2. The van der Waals surface area contributed by atoms with Gasteiger partial charge in [-0.2, -0.15) is 0 Å². The standard InChI is InChI=1S/C17H25N3O2S/c1-23-15-14(6-4-8-18-15)16(21)20-11-5-7-17(22,13-20)12-19-9-2-3-10-19/h4,6,8,22H,2-3,5,7,9-13H2,1H3/t17-/m1/s1. The van der Waals surface area contributed by atoms with Crippen LogP contribution < -0.4 is 0 Å². The molecule has 3 rings (SSSR count). The molecule has 0 aliphatic carbocycles. The molecule has 2 saturated heterocycles. The Balaban J connectivity index is 1.71. The van der Waals surface area contributed by atoms with Crippen molar-refractivity contribution in [3.63, 3.8) is 0 Å². The van der Waals surface area contributed by atoms with Crippen LogP contribution in [0.4, 0.5) is 0 Å². The van der Waals surface area contributed by atoms with Crippen LogP contribution in [-0.2, 0) is 0 Å². The second-order valence-electron chi connectivity index (χ2n) is 6.60. The number of hydrogen-bond donors (Lipinski definition) is 1. The van der Waals surface area contributed by atoms with Crippen LogP contribution in [0.3, 0.4) is 0 Å². The molecule has 1 N–H and O–H groups in total. The van der Waals surface area contributed by atoms with Crippen molar-refractivity contribution < 1.29 is 9.90 Å². The first kappa shape index (κ1) is 16.7. The Morgan fingerprint density at radius 2 is 2.13 bits per heavy atom. The largest absolute Gasteiger partial charge is 0.387 e. The van der Waals surface area contributed by atoms with Crippen molar-refractivity contribution in [3.05, 3.63) is 23.9 Å². The van der Waals surface area contributed by atoms with Gasteiger partial charge in [0, 0.05) is 19.3 Å². The summed E-state index contributed by atoms with van der Waals surface area (Å²) >= 11 is 1.48. The number of hydrogen-bond acceptors (Lipinski definition) is 5. The smallest absolute Gasteiger partial charge is 0.256 e.